The Kier molecular flexibility index (Phi) is 3.27. The molecule has 0 N–H and O–H groups in total. The fourth-order valence-corrected chi connectivity index (χ4v) is 4.00. The number of ether oxygens (including phenoxy) is 3. The molecule has 3 aliphatic rings. The van der Waals surface area contributed by atoms with Crippen molar-refractivity contribution in [3.8, 4) is 0 Å². The maximum Gasteiger partial charge on any atom is 0.100 e. The lowest BCUT2D eigenvalue weighted by Crippen LogP contribution is -2.48. The van der Waals surface area contributed by atoms with Gasteiger partial charge in [-0.1, -0.05) is 11.6 Å². The fraction of sp³-hybridized carbons (Fsp3) is 0.875. The Balaban J connectivity index is 1.74. The Morgan fingerprint density at radius 2 is 2.16 bits per heavy atom. The number of allylic oxidation sites excluding steroid dienone is 1. The number of methoxy groups -OCH3 is 1. The predicted molar refractivity (Wildman–Crippen MR) is 74.1 cm³/mol. The van der Waals surface area contributed by atoms with Crippen LogP contribution >= 0.6 is 0 Å². The van der Waals surface area contributed by atoms with E-state index in [1.807, 2.05) is 7.11 Å². The Morgan fingerprint density at radius 1 is 1.42 bits per heavy atom. The molecule has 5 atom stereocenters. The first kappa shape index (κ1) is 13.6. The molecule has 0 amide bonds. The highest BCUT2D eigenvalue weighted by molar-refractivity contribution is 5.19. The lowest BCUT2D eigenvalue weighted by Gasteiger charge is -2.38. The molecular weight excluding hydrogens is 240 g/mol. The van der Waals surface area contributed by atoms with E-state index in [9.17, 15) is 0 Å². The smallest absolute Gasteiger partial charge is 0.100 e. The van der Waals surface area contributed by atoms with Gasteiger partial charge in [0.2, 0.25) is 0 Å². The Morgan fingerprint density at radius 3 is 2.74 bits per heavy atom. The van der Waals surface area contributed by atoms with Crippen molar-refractivity contribution in [2.75, 3.05) is 13.7 Å². The van der Waals surface area contributed by atoms with Gasteiger partial charge >= 0.3 is 0 Å². The minimum Gasteiger partial charge on any atom is -0.381 e. The van der Waals surface area contributed by atoms with E-state index in [1.165, 1.54) is 18.4 Å². The molecule has 1 saturated carbocycles. The quantitative estimate of drug-likeness (QED) is 0.579. The fourth-order valence-electron chi connectivity index (χ4n) is 4.00. The normalized spacial score (nSPS) is 48.1. The van der Waals surface area contributed by atoms with Gasteiger partial charge in [0.05, 0.1) is 24.4 Å². The summed E-state index contributed by atoms with van der Waals surface area (Å²) in [5.41, 5.74) is 1.37. The molecule has 3 heteroatoms. The summed E-state index contributed by atoms with van der Waals surface area (Å²) in [6.45, 7) is 7.43. The summed E-state index contributed by atoms with van der Waals surface area (Å²) in [5, 5.41) is 0. The zero-order chi connectivity index (χ0) is 13.7. The van der Waals surface area contributed by atoms with E-state index in [0.29, 0.717) is 12.0 Å². The first-order valence-corrected chi connectivity index (χ1v) is 7.50. The molecule has 0 radical (unpaired) electrons. The third-order valence-electron chi connectivity index (χ3n) is 5.18. The second-order valence-electron chi connectivity index (χ2n) is 6.81. The highest BCUT2D eigenvalue weighted by Crippen LogP contribution is 2.59. The number of hydrogen-bond acceptors (Lipinski definition) is 3. The van der Waals surface area contributed by atoms with Crippen LogP contribution in [0.2, 0.25) is 0 Å². The average molecular weight is 266 g/mol. The SMILES string of the molecule is CO[C@@H]1CCC[C@]2(CO2)[C@H]1C1(C)O[C@H]1CC=C(C)C. The molecule has 1 spiro atoms. The molecule has 1 aliphatic carbocycles. The van der Waals surface area contributed by atoms with Crippen LogP contribution in [-0.2, 0) is 14.2 Å². The molecule has 1 unspecified atom stereocenters. The van der Waals surface area contributed by atoms with Crippen LogP contribution in [0.25, 0.3) is 0 Å². The second kappa shape index (κ2) is 4.57. The molecule has 2 heterocycles. The van der Waals surface area contributed by atoms with E-state index >= 15 is 0 Å². The summed E-state index contributed by atoms with van der Waals surface area (Å²) in [4.78, 5) is 0. The summed E-state index contributed by atoms with van der Waals surface area (Å²) in [7, 11) is 1.83. The summed E-state index contributed by atoms with van der Waals surface area (Å²) in [6.07, 6.45) is 7.45. The van der Waals surface area contributed by atoms with Gasteiger partial charge in [-0.05, 0) is 46.5 Å². The summed E-state index contributed by atoms with van der Waals surface area (Å²) in [6, 6.07) is 0. The highest BCUT2D eigenvalue weighted by Gasteiger charge is 2.70. The van der Waals surface area contributed by atoms with Crippen molar-refractivity contribution < 1.29 is 14.2 Å². The van der Waals surface area contributed by atoms with Gasteiger partial charge in [0, 0.05) is 13.0 Å². The van der Waals surface area contributed by atoms with E-state index in [2.05, 4.69) is 26.8 Å². The van der Waals surface area contributed by atoms with Crippen LogP contribution in [-0.4, -0.2) is 37.1 Å². The predicted octanol–water partition coefficient (Wildman–Crippen LogP) is 3.08. The van der Waals surface area contributed by atoms with Gasteiger partial charge in [-0.3, -0.25) is 0 Å². The van der Waals surface area contributed by atoms with Crippen LogP contribution in [0, 0.1) is 5.92 Å². The van der Waals surface area contributed by atoms with Crippen LogP contribution in [0.15, 0.2) is 11.6 Å². The van der Waals surface area contributed by atoms with Crippen LogP contribution in [0.1, 0.15) is 46.5 Å². The van der Waals surface area contributed by atoms with Crippen molar-refractivity contribution in [3.63, 3.8) is 0 Å². The second-order valence-corrected chi connectivity index (χ2v) is 6.81. The largest absolute Gasteiger partial charge is 0.381 e. The standard InChI is InChI=1S/C16H26O3/c1-11(2)7-8-13-15(3,19-13)14-12(17-4)6-5-9-16(14)10-18-16/h7,12-14H,5-6,8-10H2,1-4H3/t12-,13+,14-,15?,16+/m1/s1. The third kappa shape index (κ3) is 2.26. The molecule has 3 nitrogen and oxygen atoms in total. The van der Waals surface area contributed by atoms with Crippen LogP contribution < -0.4 is 0 Å². The maximum atomic E-state index is 6.10. The zero-order valence-electron chi connectivity index (χ0n) is 12.6. The van der Waals surface area contributed by atoms with E-state index in [4.69, 9.17) is 14.2 Å². The minimum atomic E-state index is -0.0520. The minimum absolute atomic E-state index is 0.0520. The molecule has 0 bridgehead atoms. The van der Waals surface area contributed by atoms with Crippen LogP contribution in [0.4, 0.5) is 0 Å². The van der Waals surface area contributed by atoms with Crippen molar-refractivity contribution in [1.29, 1.82) is 0 Å². The van der Waals surface area contributed by atoms with Gasteiger partial charge in [-0.2, -0.15) is 0 Å². The van der Waals surface area contributed by atoms with Gasteiger partial charge in [0.15, 0.2) is 0 Å². The number of epoxide rings is 2. The molecule has 2 aliphatic heterocycles. The lowest BCUT2D eigenvalue weighted by molar-refractivity contribution is -0.0492. The average Bonchev–Trinajstić information content (AvgIpc) is 3.26. The van der Waals surface area contributed by atoms with E-state index < -0.39 is 0 Å². The zero-order valence-corrected chi connectivity index (χ0v) is 12.6. The number of rotatable bonds is 4. The highest BCUT2D eigenvalue weighted by atomic mass is 16.6. The van der Waals surface area contributed by atoms with Gasteiger partial charge in [-0.15, -0.1) is 0 Å². The van der Waals surface area contributed by atoms with Gasteiger partial charge < -0.3 is 14.2 Å². The molecule has 0 aromatic rings. The van der Waals surface area contributed by atoms with E-state index in [-0.39, 0.29) is 17.3 Å². The topological polar surface area (TPSA) is 34.3 Å². The monoisotopic (exact) mass is 266 g/mol. The molecule has 0 aromatic carbocycles. The lowest BCUT2D eigenvalue weighted by atomic mass is 9.69. The summed E-state index contributed by atoms with van der Waals surface area (Å²) in [5.74, 6) is 0.398. The van der Waals surface area contributed by atoms with Crippen molar-refractivity contribution >= 4 is 0 Å². The summed E-state index contributed by atoms with van der Waals surface area (Å²) >= 11 is 0. The van der Waals surface area contributed by atoms with Crippen molar-refractivity contribution in [2.24, 2.45) is 5.92 Å². The Labute approximate surface area is 116 Å². The Hall–Kier alpha value is -0.380. The summed E-state index contributed by atoms with van der Waals surface area (Å²) < 4.78 is 17.7. The molecule has 19 heavy (non-hydrogen) atoms. The van der Waals surface area contributed by atoms with Crippen LogP contribution in [0.3, 0.4) is 0 Å². The third-order valence-corrected chi connectivity index (χ3v) is 5.18. The van der Waals surface area contributed by atoms with E-state index in [0.717, 1.165) is 19.4 Å². The number of hydrogen-bond donors (Lipinski definition) is 0. The maximum absolute atomic E-state index is 6.10. The van der Waals surface area contributed by atoms with Gasteiger partial charge in [-0.25, -0.2) is 0 Å². The van der Waals surface area contributed by atoms with Gasteiger partial charge in [0.25, 0.3) is 0 Å². The first-order valence-electron chi connectivity index (χ1n) is 7.50. The molecule has 3 rings (SSSR count). The molecule has 3 fully saturated rings. The van der Waals surface area contributed by atoms with Gasteiger partial charge in [0.1, 0.15) is 5.60 Å². The molecule has 2 saturated heterocycles. The van der Waals surface area contributed by atoms with Crippen molar-refractivity contribution in [2.45, 2.75) is 69.9 Å². The first-order chi connectivity index (χ1) is 9.02. The van der Waals surface area contributed by atoms with Crippen molar-refractivity contribution in [3.05, 3.63) is 11.6 Å². The molecule has 108 valence electrons. The van der Waals surface area contributed by atoms with Crippen LogP contribution in [0.5, 0.6) is 0 Å². The van der Waals surface area contributed by atoms with Crippen molar-refractivity contribution in [1.82, 2.24) is 0 Å². The van der Waals surface area contributed by atoms with E-state index in [1.54, 1.807) is 0 Å². The molecular formula is C16H26O3. The Bertz CT molecular complexity index is 381. The molecule has 0 aromatic heterocycles.